The second-order valence-corrected chi connectivity index (χ2v) is 28.5. The zero-order valence-electron chi connectivity index (χ0n) is 51.3. The van der Waals surface area contributed by atoms with Crippen LogP contribution in [0.25, 0.3) is 23.0 Å². The smallest absolute Gasteiger partial charge is 0.550 e. The van der Waals surface area contributed by atoms with E-state index in [1.807, 2.05) is 42.7 Å². The van der Waals surface area contributed by atoms with E-state index in [2.05, 4.69) is 299 Å². The van der Waals surface area contributed by atoms with Crippen LogP contribution in [-0.2, 0) is 59.8 Å². The molecule has 1 N–H and O–H groups in total. The molecule has 0 fully saturated rings. The Labute approximate surface area is 539 Å². The average molecular weight is 1350 g/mol. The quantitative estimate of drug-likeness (QED) is 0.0803. The Morgan fingerprint density at radius 2 is 1.01 bits per heavy atom. The molecule has 0 saturated carbocycles. The molecule has 0 saturated heterocycles. The van der Waals surface area contributed by atoms with Crippen molar-refractivity contribution in [2.75, 3.05) is 0 Å². The number of hydrogen-bond acceptors (Lipinski definition) is 8. The van der Waals surface area contributed by atoms with Crippen LogP contribution in [-0.4, -0.2) is 41.2 Å². The van der Waals surface area contributed by atoms with E-state index in [0.29, 0.717) is 11.6 Å². The molecule has 10 nitrogen and oxygen atoms in total. The fourth-order valence-corrected chi connectivity index (χ4v) is 12.9. The summed E-state index contributed by atoms with van der Waals surface area (Å²) in [5.41, 5.74) is 6.83. The van der Waals surface area contributed by atoms with Gasteiger partial charge in [0.1, 0.15) is 11.5 Å². The van der Waals surface area contributed by atoms with Crippen molar-refractivity contribution in [1.29, 1.82) is 0 Å². The third-order valence-corrected chi connectivity index (χ3v) is 18.1. The van der Waals surface area contributed by atoms with Crippen molar-refractivity contribution in [3.63, 3.8) is 0 Å². The maximum absolute atomic E-state index is 8.89. The number of hydrogen-bond donors (Lipinski definition) is 1. The minimum atomic E-state index is -1.08. The van der Waals surface area contributed by atoms with Crippen LogP contribution >= 0.6 is 15.8 Å². The predicted octanol–water partition coefficient (Wildman–Crippen LogP) is 10.5. The zero-order valence-corrected chi connectivity index (χ0v) is 57.5. The fourth-order valence-electron chi connectivity index (χ4n) is 8.11. The van der Waals surface area contributed by atoms with Crippen molar-refractivity contribution in [3.05, 3.63) is 253 Å². The summed E-state index contributed by atoms with van der Waals surface area (Å²) in [7, 11) is -1.11. The van der Waals surface area contributed by atoms with Gasteiger partial charge in [-0.15, -0.1) is 5.56 Å². The van der Waals surface area contributed by atoms with Crippen LogP contribution in [0.4, 0.5) is 0 Å². The number of aromatic amines is 1. The number of carboxylic acids is 1. The first-order valence-electron chi connectivity index (χ1n) is 27.7. The summed E-state index contributed by atoms with van der Waals surface area (Å²) in [5, 5.41) is 30.3. The standard InChI is InChI=1S/C19H17P.C19H16P.C15H22N4.C15H21N4.C2H4O2.Na.Pt/c2*1-4-10-17(11-5-1)16-20(18-12-6-2-7-13-18)19-14-8-3-9-15-19;2*1-14(2,3)10-7-8-16-11(9-10)12-17-13(19-18-12)15(4,5)6;1-2(3)4;;/h1-15H,16H2;1-10,12-15H,16H2;7-9H,1-6H3,(H,17,18,19);7-9H,1-6H3;1H3,(H,3,4);;/q;-1;;-1;;+1;+2. The normalized spacial score (nSPS) is 11.1. The number of nitrogens with one attached hydrogen (secondary N) is 1. The van der Waals surface area contributed by atoms with Crippen LogP contribution in [0.1, 0.15) is 124 Å². The maximum Gasteiger partial charge on any atom is 2.00 e. The molecule has 0 aliphatic carbocycles. The number of H-pyrrole nitrogens is 1. The molecule has 4 heterocycles. The molecule has 0 aliphatic heterocycles. The molecule has 6 aromatic carbocycles. The van der Waals surface area contributed by atoms with Crippen molar-refractivity contribution in [1.82, 2.24) is 40.3 Å². The summed E-state index contributed by atoms with van der Waals surface area (Å²) in [6.45, 7) is 26.6. The largest absolute Gasteiger partial charge is 2.00 e. The third kappa shape index (κ3) is 23.1. The van der Waals surface area contributed by atoms with Gasteiger partial charge in [0, 0.05) is 41.2 Å². The molecule has 4 aromatic heterocycles. The van der Waals surface area contributed by atoms with Gasteiger partial charge in [0.15, 0.2) is 5.82 Å². The Morgan fingerprint density at radius 1 is 0.571 bits per heavy atom. The Bertz CT molecular complexity index is 3150. The second-order valence-electron chi connectivity index (χ2n) is 23.8. The van der Waals surface area contributed by atoms with E-state index >= 15 is 0 Å². The van der Waals surface area contributed by atoms with Crippen LogP contribution in [0.15, 0.2) is 213 Å². The first-order chi connectivity index (χ1) is 39.0. The third-order valence-electron chi connectivity index (χ3n) is 12.7. The van der Waals surface area contributed by atoms with E-state index in [-0.39, 0.29) is 80.2 Å². The topological polar surface area (TPSA) is 147 Å². The van der Waals surface area contributed by atoms with Gasteiger partial charge in [0.25, 0.3) is 0 Å². The SMILES string of the molecule is CC(=O)[O-].CC(C)(C)c1ccnc(-c2n[nH]c(C(C)(C)C)n2)c1.CC(C)(C)c1ccnc(-c2nc(C(C)(C)C)n[n-]2)c1.[Na+].[Pt+2].[c-]1ccccc1C[PH+](c1ccccc1)c1ccccc1.c1ccc(CP(c2ccccc2)c2ccccc2)cc1. The van der Waals surface area contributed by atoms with Crippen molar-refractivity contribution in [2.45, 2.75) is 124 Å². The van der Waals surface area contributed by atoms with Gasteiger partial charge in [-0.3, -0.25) is 20.2 Å². The first-order valence-corrected chi connectivity index (χ1v) is 30.9. The number of aromatic nitrogens is 8. The van der Waals surface area contributed by atoms with Crippen LogP contribution < -0.4 is 61.0 Å². The molecule has 0 unspecified atom stereocenters. The summed E-state index contributed by atoms with van der Waals surface area (Å²) < 4.78 is 0. The number of carbonyl (C=O) groups excluding carboxylic acids is 1. The summed E-state index contributed by atoms with van der Waals surface area (Å²) in [6.07, 6.45) is 5.82. The maximum atomic E-state index is 8.89. The summed E-state index contributed by atoms with van der Waals surface area (Å²) in [5.74, 6) is 1.82. The van der Waals surface area contributed by atoms with E-state index in [4.69, 9.17) is 9.90 Å². The molecule has 0 amide bonds. The summed E-state index contributed by atoms with van der Waals surface area (Å²) in [4.78, 5) is 26.7. The van der Waals surface area contributed by atoms with Crippen LogP contribution in [0, 0.1) is 6.07 Å². The molecule has 0 radical (unpaired) electrons. The van der Waals surface area contributed by atoms with E-state index in [0.717, 1.165) is 42.3 Å². The minimum absolute atomic E-state index is 0. The predicted molar refractivity (Wildman–Crippen MR) is 342 cm³/mol. The molecule has 14 heteroatoms. The molecule has 84 heavy (non-hydrogen) atoms. The van der Waals surface area contributed by atoms with Gasteiger partial charge in [-0.05, 0) is 107 Å². The molecule has 0 aliphatic rings. The second kappa shape index (κ2) is 33.6. The number of benzene rings is 6. The summed E-state index contributed by atoms with van der Waals surface area (Å²) in [6, 6.07) is 74.1. The van der Waals surface area contributed by atoms with Gasteiger partial charge in [-0.1, -0.05) is 210 Å². The van der Waals surface area contributed by atoms with Crippen LogP contribution in [0.5, 0.6) is 0 Å². The fraction of sp³-hybridized carbons (Fsp3) is 0.271. The Kier molecular flexibility index (Phi) is 28.1. The number of pyridine rings is 2. The van der Waals surface area contributed by atoms with E-state index in [1.54, 1.807) is 0 Å². The van der Waals surface area contributed by atoms with E-state index < -0.39 is 13.9 Å². The van der Waals surface area contributed by atoms with Crippen molar-refractivity contribution < 1.29 is 60.5 Å². The minimum Gasteiger partial charge on any atom is -0.550 e. The van der Waals surface area contributed by atoms with Crippen molar-refractivity contribution >= 4 is 43.0 Å². The Balaban J connectivity index is 0.000000233. The molecule has 0 atom stereocenters. The van der Waals surface area contributed by atoms with Gasteiger partial charge in [-0.2, -0.15) is 35.4 Å². The Hall–Kier alpha value is -6.08. The molecule has 0 spiro atoms. The molecular weight excluding hydrogens is 1260 g/mol. The van der Waals surface area contributed by atoms with Crippen LogP contribution in [0.2, 0.25) is 0 Å². The van der Waals surface area contributed by atoms with Gasteiger partial charge in [-0.25, -0.2) is 4.98 Å². The van der Waals surface area contributed by atoms with E-state index in [1.165, 1.54) is 43.5 Å². The van der Waals surface area contributed by atoms with Crippen molar-refractivity contribution in [3.8, 4) is 23.0 Å². The number of aliphatic carboxylic acids is 1. The monoisotopic (exact) mass is 1340 g/mol. The first kappa shape index (κ1) is 70.4. The summed E-state index contributed by atoms with van der Waals surface area (Å²) >= 11 is 0. The van der Waals surface area contributed by atoms with Gasteiger partial charge in [0.05, 0.1) is 30.4 Å². The number of carbonyl (C=O) groups is 1. The molecule has 0 bridgehead atoms. The van der Waals surface area contributed by atoms with E-state index in [9.17, 15) is 0 Å². The van der Waals surface area contributed by atoms with Crippen LogP contribution in [0.3, 0.4) is 0 Å². The molecule has 10 rings (SSSR count). The number of carboxylic acid groups (broad SMARTS) is 1. The van der Waals surface area contributed by atoms with Gasteiger partial charge < -0.3 is 20.0 Å². The van der Waals surface area contributed by atoms with Crippen molar-refractivity contribution in [2.24, 2.45) is 0 Å². The molecular formula is C70H80N8NaO2P2Pt+. The number of nitrogens with zero attached hydrogens (tertiary/aromatic N) is 7. The zero-order chi connectivity index (χ0) is 59.3. The number of rotatable bonds is 10. The van der Waals surface area contributed by atoms with Gasteiger partial charge in [0.2, 0.25) is 0 Å². The molecule has 432 valence electrons. The molecule has 10 aromatic rings. The van der Waals surface area contributed by atoms with Gasteiger partial charge >= 0.3 is 50.6 Å². The average Bonchev–Trinajstić information content (AvgIpc) is 4.25. The Morgan fingerprint density at radius 3 is 1.43 bits per heavy atom.